The molecule has 1 rings (SSSR count). The third-order valence-corrected chi connectivity index (χ3v) is 1.98. The molecule has 0 bridgehead atoms. The molecule has 0 aromatic heterocycles. The second kappa shape index (κ2) is 9.94. The van der Waals surface area contributed by atoms with Gasteiger partial charge in [0.15, 0.2) is 0 Å². The van der Waals surface area contributed by atoms with Crippen LogP contribution in [0.4, 0.5) is 0 Å². The van der Waals surface area contributed by atoms with E-state index in [0.717, 1.165) is 0 Å². The van der Waals surface area contributed by atoms with Gasteiger partial charge in [0.05, 0.1) is 24.3 Å². The van der Waals surface area contributed by atoms with Crippen molar-refractivity contribution in [3.8, 4) is 0 Å². The van der Waals surface area contributed by atoms with Gasteiger partial charge in [-0.25, -0.2) is 9.59 Å². The maximum absolute atomic E-state index is 11.5. The van der Waals surface area contributed by atoms with Crippen LogP contribution in [-0.2, 0) is 9.47 Å². The van der Waals surface area contributed by atoms with Gasteiger partial charge in [-0.15, -0.1) is 0 Å². The molecule has 0 aliphatic carbocycles. The van der Waals surface area contributed by atoms with Crippen molar-refractivity contribution in [2.24, 2.45) is 0 Å². The van der Waals surface area contributed by atoms with Crippen LogP contribution in [-0.4, -0.2) is 78.1 Å². The summed E-state index contributed by atoms with van der Waals surface area (Å²) in [7, 11) is 0. The zero-order valence-corrected chi connectivity index (χ0v) is 12.7. The van der Waals surface area contributed by atoms with E-state index in [9.17, 15) is 9.59 Å². The molecule has 1 aromatic carbocycles. The Balaban J connectivity index is 0.00000324. The molecule has 0 spiro atoms. The molecule has 7 heteroatoms. The van der Waals surface area contributed by atoms with Crippen molar-refractivity contribution in [1.29, 1.82) is 0 Å². The molecule has 6 nitrogen and oxygen atoms in total. The Morgan fingerprint density at radius 1 is 0.947 bits per heavy atom. The molecule has 0 saturated heterocycles. The minimum atomic E-state index is -0.624. The van der Waals surface area contributed by atoms with Crippen LogP contribution in [0.5, 0.6) is 0 Å². The van der Waals surface area contributed by atoms with Crippen molar-refractivity contribution in [3.05, 3.63) is 35.4 Å². The minimum absolute atomic E-state index is 0. The van der Waals surface area contributed by atoms with Crippen molar-refractivity contribution in [1.82, 2.24) is 0 Å². The number of carbonyl (C=O) groups excluding carboxylic acids is 2. The molecule has 2 N–H and O–H groups in total. The average molecular weight is 277 g/mol. The summed E-state index contributed by atoms with van der Waals surface area (Å²) in [5.74, 6) is -1.25. The topological polar surface area (TPSA) is 93.1 Å². The maximum Gasteiger partial charge on any atom is 0.338 e. The molecule has 0 saturated carbocycles. The summed E-state index contributed by atoms with van der Waals surface area (Å²) >= 11 is 0. The van der Waals surface area contributed by atoms with Gasteiger partial charge in [0.1, 0.15) is 13.2 Å². The summed E-state index contributed by atoms with van der Waals surface area (Å²) < 4.78 is 9.42. The van der Waals surface area contributed by atoms with Crippen LogP contribution in [0.1, 0.15) is 20.7 Å². The van der Waals surface area contributed by atoms with Crippen molar-refractivity contribution in [2.75, 3.05) is 26.4 Å². The second-order valence-corrected chi connectivity index (χ2v) is 3.30. The van der Waals surface area contributed by atoms with E-state index in [1.807, 2.05) is 0 Å². The number of ether oxygens (including phenoxy) is 2. The molecule has 0 amide bonds. The molecule has 99 valence electrons. The summed E-state index contributed by atoms with van der Waals surface area (Å²) in [6.45, 7) is -0.718. The van der Waals surface area contributed by atoms with Crippen LogP contribution < -0.4 is 0 Å². The van der Waals surface area contributed by atoms with Crippen LogP contribution in [0.15, 0.2) is 24.3 Å². The number of aliphatic hydroxyl groups is 2. The molecule has 0 unspecified atom stereocenters. The van der Waals surface area contributed by atoms with Gasteiger partial charge in [-0.1, -0.05) is 6.07 Å². The molecule has 19 heavy (non-hydrogen) atoms. The molecule has 1 aromatic rings. The number of hydrogen-bond donors (Lipinski definition) is 2. The SMILES string of the molecule is O=C(OCCO)c1cccc(C(=O)OCCO)c1.[Na]. The maximum atomic E-state index is 11.5. The van der Waals surface area contributed by atoms with Crippen LogP contribution in [0.25, 0.3) is 0 Å². The van der Waals surface area contributed by atoms with E-state index in [-0.39, 0.29) is 67.1 Å². The summed E-state index contributed by atoms with van der Waals surface area (Å²) in [6, 6.07) is 5.83. The summed E-state index contributed by atoms with van der Waals surface area (Å²) in [5, 5.41) is 17.1. The van der Waals surface area contributed by atoms with Crippen LogP contribution in [0.3, 0.4) is 0 Å². The molecular weight excluding hydrogens is 263 g/mol. The van der Waals surface area contributed by atoms with Gasteiger partial charge in [-0.2, -0.15) is 0 Å². The average Bonchev–Trinajstić information content (AvgIpc) is 2.42. The van der Waals surface area contributed by atoms with E-state index in [1.54, 1.807) is 0 Å². The van der Waals surface area contributed by atoms with Gasteiger partial charge in [-0.05, 0) is 18.2 Å². The van der Waals surface area contributed by atoms with Gasteiger partial charge < -0.3 is 19.7 Å². The molecular formula is C12H14NaO6. The number of hydrogen-bond acceptors (Lipinski definition) is 6. The van der Waals surface area contributed by atoms with Crippen molar-refractivity contribution < 1.29 is 29.3 Å². The standard InChI is InChI=1S/C12H14O6.Na/c13-4-6-17-11(15)9-2-1-3-10(8-9)12(16)18-7-5-14;/h1-3,8,13-14H,4-7H2;. The van der Waals surface area contributed by atoms with Gasteiger partial charge in [-0.3, -0.25) is 0 Å². The first-order valence-corrected chi connectivity index (χ1v) is 5.35. The molecule has 0 fully saturated rings. The first-order valence-electron chi connectivity index (χ1n) is 5.35. The van der Waals surface area contributed by atoms with Crippen LogP contribution >= 0.6 is 0 Å². The van der Waals surface area contributed by atoms with E-state index >= 15 is 0 Å². The van der Waals surface area contributed by atoms with E-state index in [2.05, 4.69) is 0 Å². The van der Waals surface area contributed by atoms with Gasteiger partial charge >= 0.3 is 11.9 Å². The number of carbonyl (C=O) groups is 2. The predicted octanol–water partition coefficient (Wildman–Crippen LogP) is -0.396. The third-order valence-electron chi connectivity index (χ3n) is 1.98. The molecule has 0 heterocycles. The first kappa shape index (κ1) is 18.1. The molecule has 0 atom stereocenters. The Morgan fingerprint density at radius 3 is 1.74 bits per heavy atom. The molecule has 0 aliphatic rings. The van der Waals surface area contributed by atoms with E-state index in [4.69, 9.17) is 19.7 Å². The van der Waals surface area contributed by atoms with Crippen LogP contribution in [0, 0.1) is 0 Å². The summed E-state index contributed by atoms with van der Waals surface area (Å²) in [6.07, 6.45) is 0. The normalized spacial score (nSPS) is 9.37. The van der Waals surface area contributed by atoms with Gasteiger partial charge in [0.2, 0.25) is 0 Å². The Hall–Kier alpha value is -0.920. The fourth-order valence-electron chi connectivity index (χ4n) is 1.22. The largest absolute Gasteiger partial charge is 0.460 e. The third kappa shape index (κ3) is 6.17. The van der Waals surface area contributed by atoms with E-state index in [1.165, 1.54) is 24.3 Å². The number of benzene rings is 1. The zero-order valence-electron chi connectivity index (χ0n) is 10.7. The molecule has 0 aliphatic heterocycles. The van der Waals surface area contributed by atoms with Crippen LogP contribution in [0.2, 0.25) is 0 Å². The quantitative estimate of drug-likeness (QED) is 0.543. The minimum Gasteiger partial charge on any atom is -0.460 e. The Kier molecular flexibility index (Phi) is 9.46. The smallest absolute Gasteiger partial charge is 0.338 e. The van der Waals surface area contributed by atoms with E-state index < -0.39 is 11.9 Å². The summed E-state index contributed by atoms with van der Waals surface area (Å²) in [5.41, 5.74) is 0.392. The monoisotopic (exact) mass is 277 g/mol. The number of rotatable bonds is 6. The van der Waals surface area contributed by atoms with Gasteiger partial charge in [0.25, 0.3) is 0 Å². The van der Waals surface area contributed by atoms with E-state index in [0.29, 0.717) is 0 Å². The van der Waals surface area contributed by atoms with Crippen molar-refractivity contribution in [2.45, 2.75) is 0 Å². The number of aliphatic hydroxyl groups excluding tert-OH is 2. The zero-order chi connectivity index (χ0) is 13.4. The Bertz CT molecular complexity index is 385. The summed E-state index contributed by atoms with van der Waals surface area (Å²) in [4.78, 5) is 22.9. The first-order chi connectivity index (χ1) is 8.69. The van der Waals surface area contributed by atoms with Crippen molar-refractivity contribution >= 4 is 41.5 Å². The number of esters is 2. The second-order valence-electron chi connectivity index (χ2n) is 3.30. The molecule has 1 radical (unpaired) electrons. The van der Waals surface area contributed by atoms with Gasteiger partial charge in [0, 0.05) is 29.6 Å². The fraction of sp³-hybridized carbons (Fsp3) is 0.333. The van der Waals surface area contributed by atoms with Crippen molar-refractivity contribution in [3.63, 3.8) is 0 Å². The Morgan fingerprint density at radius 2 is 1.37 bits per heavy atom. The predicted molar refractivity (Wildman–Crippen MR) is 66.9 cm³/mol. The fourth-order valence-corrected chi connectivity index (χ4v) is 1.22. The Labute approximate surface area is 132 Å².